The minimum absolute atomic E-state index is 0.300. The van der Waals surface area contributed by atoms with Crippen LogP contribution in [0.3, 0.4) is 0 Å². The molecule has 2 aromatic carbocycles. The molecule has 0 bridgehead atoms. The number of hydrogen-bond donors (Lipinski definition) is 0. The van der Waals surface area contributed by atoms with Gasteiger partial charge in [0.2, 0.25) is 0 Å². The number of hydrogen-bond acceptors (Lipinski definition) is 6. The van der Waals surface area contributed by atoms with Gasteiger partial charge in [0.05, 0.1) is 10.4 Å². The van der Waals surface area contributed by atoms with Crippen molar-refractivity contribution in [2.45, 2.75) is 18.4 Å². The van der Waals surface area contributed by atoms with Crippen LogP contribution in [0, 0.1) is 6.92 Å². The van der Waals surface area contributed by atoms with Gasteiger partial charge in [-0.25, -0.2) is 18.4 Å². The van der Waals surface area contributed by atoms with E-state index in [0.717, 1.165) is 49.4 Å². The highest BCUT2D eigenvalue weighted by atomic mass is 32.2. The average Bonchev–Trinajstić information content (AvgIpc) is 2.67. The molecule has 6 nitrogen and oxygen atoms in total. The van der Waals surface area contributed by atoms with Gasteiger partial charge in [0.15, 0.2) is 9.84 Å². The summed E-state index contributed by atoms with van der Waals surface area (Å²) < 4.78 is 23.9. The smallest absolute Gasteiger partial charge is 0.175 e. The summed E-state index contributed by atoms with van der Waals surface area (Å²) >= 11 is 0. The fourth-order valence-electron chi connectivity index (χ4n) is 3.69. The Labute approximate surface area is 165 Å². The molecule has 0 atom stereocenters. The van der Waals surface area contributed by atoms with Crippen molar-refractivity contribution in [3.05, 3.63) is 59.9 Å². The highest BCUT2D eigenvalue weighted by Gasteiger charge is 2.21. The Kier molecular flexibility index (Phi) is 5.03. The first-order valence-corrected chi connectivity index (χ1v) is 11.3. The maximum Gasteiger partial charge on any atom is 0.175 e. The molecule has 28 heavy (non-hydrogen) atoms. The fourth-order valence-corrected chi connectivity index (χ4v) is 4.34. The first-order chi connectivity index (χ1) is 13.4. The van der Waals surface area contributed by atoms with Crippen molar-refractivity contribution >= 4 is 26.6 Å². The molecule has 1 aromatic heterocycles. The molecule has 146 valence electrons. The van der Waals surface area contributed by atoms with Gasteiger partial charge >= 0.3 is 0 Å². The lowest BCUT2D eigenvalue weighted by Crippen LogP contribution is -2.46. The van der Waals surface area contributed by atoms with Crippen LogP contribution in [0.15, 0.2) is 53.7 Å². The van der Waals surface area contributed by atoms with Crippen molar-refractivity contribution in [1.82, 2.24) is 14.9 Å². The molecule has 3 aromatic rings. The topological polar surface area (TPSA) is 66.4 Å². The van der Waals surface area contributed by atoms with Gasteiger partial charge in [-0.3, -0.25) is 4.90 Å². The Morgan fingerprint density at radius 2 is 1.79 bits per heavy atom. The number of rotatable bonds is 4. The van der Waals surface area contributed by atoms with Crippen LogP contribution in [0.1, 0.15) is 11.1 Å². The molecule has 1 aliphatic rings. The summed E-state index contributed by atoms with van der Waals surface area (Å²) in [6.07, 6.45) is 2.78. The Balaban J connectivity index is 1.53. The van der Waals surface area contributed by atoms with Crippen molar-refractivity contribution in [1.29, 1.82) is 0 Å². The summed E-state index contributed by atoms with van der Waals surface area (Å²) in [5, 5.41) is 0.789. The van der Waals surface area contributed by atoms with E-state index in [9.17, 15) is 8.42 Å². The van der Waals surface area contributed by atoms with Crippen molar-refractivity contribution < 1.29 is 8.42 Å². The second kappa shape index (κ2) is 7.48. The molecule has 7 heteroatoms. The lowest BCUT2D eigenvalue weighted by atomic mass is 10.1. The van der Waals surface area contributed by atoms with E-state index in [-0.39, 0.29) is 0 Å². The zero-order valence-electron chi connectivity index (χ0n) is 16.2. The Morgan fingerprint density at radius 3 is 2.50 bits per heavy atom. The van der Waals surface area contributed by atoms with Crippen molar-refractivity contribution in [2.24, 2.45) is 0 Å². The molecule has 0 spiro atoms. The maximum absolute atomic E-state index is 11.9. The molecule has 1 aliphatic heterocycles. The molecule has 0 aliphatic carbocycles. The van der Waals surface area contributed by atoms with Crippen LogP contribution >= 0.6 is 0 Å². The summed E-state index contributed by atoms with van der Waals surface area (Å²) in [4.78, 5) is 13.7. The third-order valence-electron chi connectivity index (χ3n) is 5.17. The summed E-state index contributed by atoms with van der Waals surface area (Å²) in [5.41, 5.74) is 3.38. The highest BCUT2D eigenvalue weighted by molar-refractivity contribution is 7.90. The molecule has 0 amide bonds. The van der Waals surface area contributed by atoms with Crippen molar-refractivity contribution in [3.63, 3.8) is 0 Å². The third-order valence-corrected chi connectivity index (χ3v) is 6.28. The van der Waals surface area contributed by atoms with Crippen LogP contribution in [-0.4, -0.2) is 55.7 Å². The van der Waals surface area contributed by atoms with Gasteiger partial charge in [-0.1, -0.05) is 29.8 Å². The van der Waals surface area contributed by atoms with Gasteiger partial charge in [-0.2, -0.15) is 0 Å². The number of anilines is 1. The van der Waals surface area contributed by atoms with Gasteiger partial charge in [-0.15, -0.1) is 0 Å². The van der Waals surface area contributed by atoms with E-state index >= 15 is 0 Å². The van der Waals surface area contributed by atoms with Crippen molar-refractivity contribution in [3.8, 4) is 0 Å². The number of fused-ring (bicyclic) bond motifs is 1. The van der Waals surface area contributed by atoms with E-state index in [0.29, 0.717) is 4.90 Å². The minimum atomic E-state index is -3.27. The van der Waals surface area contributed by atoms with Crippen LogP contribution in [0.5, 0.6) is 0 Å². The van der Waals surface area contributed by atoms with Crippen LogP contribution in [-0.2, 0) is 16.4 Å². The number of aryl methyl sites for hydroxylation is 1. The van der Waals surface area contributed by atoms with E-state index in [4.69, 9.17) is 0 Å². The van der Waals surface area contributed by atoms with Gasteiger partial charge in [0.1, 0.15) is 12.1 Å². The van der Waals surface area contributed by atoms with Crippen LogP contribution in [0.25, 0.3) is 10.9 Å². The van der Waals surface area contributed by atoms with Gasteiger partial charge in [0, 0.05) is 44.4 Å². The van der Waals surface area contributed by atoms with Crippen LogP contribution in [0.2, 0.25) is 0 Å². The quantitative estimate of drug-likeness (QED) is 0.676. The van der Waals surface area contributed by atoms with Gasteiger partial charge in [0.25, 0.3) is 0 Å². The standard InChI is InChI=1S/C21H24N4O2S/c1-16-4-3-5-17(12-16)14-24-8-10-25(11-9-24)21-19-13-18(28(2,26)27)6-7-20(19)22-15-23-21/h3-7,12-13,15H,8-11,14H2,1-2H3. The predicted octanol–water partition coefficient (Wildman–Crippen LogP) is 2.66. The SMILES string of the molecule is Cc1cccc(CN2CCN(c3ncnc4ccc(S(C)(=O)=O)cc34)CC2)c1. The molecule has 0 N–H and O–H groups in total. The highest BCUT2D eigenvalue weighted by Crippen LogP contribution is 2.26. The third kappa shape index (κ3) is 4.00. The average molecular weight is 397 g/mol. The molecule has 2 heterocycles. The fraction of sp³-hybridized carbons (Fsp3) is 0.333. The lowest BCUT2D eigenvalue weighted by molar-refractivity contribution is 0.249. The Hall–Kier alpha value is -2.51. The van der Waals surface area contributed by atoms with E-state index < -0.39 is 9.84 Å². The van der Waals surface area contributed by atoms with Crippen LogP contribution in [0.4, 0.5) is 5.82 Å². The molecule has 0 saturated carbocycles. The number of piperazine rings is 1. The minimum Gasteiger partial charge on any atom is -0.353 e. The van der Waals surface area contributed by atoms with E-state index in [1.54, 1.807) is 24.5 Å². The largest absolute Gasteiger partial charge is 0.353 e. The Bertz CT molecular complexity index is 1110. The first kappa shape index (κ1) is 18.8. The van der Waals surface area contributed by atoms with Gasteiger partial charge in [-0.05, 0) is 30.7 Å². The molecule has 1 saturated heterocycles. The number of nitrogens with zero attached hydrogens (tertiary/aromatic N) is 4. The molecular formula is C21H24N4O2S. The second-order valence-electron chi connectivity index (χ2n) is 7.40. The number of aromatic nitrogens is 2. The van der Waals surface area contributed by atoms with Crippen LogP contribution < -0.4 is 4.90 Å². The Morgan fingerprint density at radius 1 is 1.00 bits per heavy atom. The molecule has 0 unspecified atom stereocenters. The van der Waals surface area contributed by atoms with Gasteiger partial charge < -0.3 is 4.90 Å². The maximum atomic E-state index is 11.9. The summed E-state index contributed by atoms with van der Waals surface area (Å²) in [6, 6.07) is 13.7. The predicted molar refractivity (Wildman–Crippen MR) is 111 cm³/mol. The lowest BCUT2D eigenvalue weighted by Gasteiger charge is -2.35. The summed E-state index contributed by atoms with van der Waals surface area (Å²) in [7, 11) is -3.27. The molecule has 1 fully saturated rings. The molecule has 4 rings (SSSR count). The molecule has 0 radical (unpaired) electrons. The number of benzene rings is 2. The van der Waals surface area contributed by atoms with E-state index in [1.165, 1.54) is 17.4 Å². The zero-order valence-corrected chi connectivity index (χ0v) is 17.0. The second-order valence-corrected chi connectivity index (χ2v) is 9.42. The molecular weight excluding hydrogens is 372 g/mol. The summed E-state index contributed by atoms with van der Waals surface area (Å²) in [6.45, 7) is 6.63. The van der Waals surface area contributed by atoms with Crippen molar-refractivity contribution in [2.75, 3.05) is 37.3 Å². The zero-order chi connectivity index (χ0) is 19.7. The number of sulfone groups is 1. The monoisotopic (exact) mass is 396 g/mol. The van der Waals surface area contributed by atoms with E-state index in [2.05, 4.69) is 51.0 Å². The van der Waals surface area contributed by atoms with E-state index in [1.807, 2.05) is 0 Å². The normalized spacial score (nSPS) is 15.9. The summed E-state index contributed by atoms with van der Waals surface area (Å²) in [5.74, 6) is 0.811. The first-order valence-electron chi connectivity index (χ1n) is 9.38.